The molecule has 0 aliphatic carbocycles. The highest BCUT2D eigenvalue weighted by Gasteiger charge is 2.08. The maximum absolute atomic E-state index is 12.7. The number of hydrogen-bond acceptors (Lipinski definition) is 4. The van der Waals surface area contributed by atoms with Gasteiger partial charge in [0.25, 0.3) is 5.56 Å². The van der Waals surface area contributed by atoms with Gasteiger partial charge in [-0.2, -0.15) is 0 Å². The molecule has 0 aliphatic heterocycles. The Morgan fingerprint density at radius 1 is 1.04 bits per heavy atom. The smallest absolute Gasteiger partial charge is 0.261 e. The molecule has 2 heterocycles. The highest BCUT2D eigenvalue weighted by Crippen LogP contribution is 2.22. The van der Waals surface area contributed by atoms with Crippen LogP contribution in [0.2, 0.25) is 0 Å². The summed E-state index contributed by atoms with van der Waals surface area (Å²) in [5, 5.41) is 3.41. The molecule has 0 atom stereocenters. The Morgan fingerprint density at radius 3 is 2.54 bits per heavy atom. The zero-order chi connectivity index (χ0) is 19.9. The van der Waals surface area contributed by atoms with Gasteiger partial charge < -0.3 is 5.32 Å². The number of benzene rings is 1. The van der Waals surface area contributed by atoms with Crippen molar-refractivity contribution in [3.05, 3.63) is 53.2 Å². The van der Waals surface area contributed by atoms with E-state index in [1.165, 1.54) is 0 Å². The SMILES string of the molecule is CCCCC(=O)Nc1ccc(-c2ccc3ncn(CCCC)c(=O)c3c2)cn1. The summed E-state index contributed by atoms with van der Waals surface area (Å²) in [6, 6.07) is 9.34. The van der Waals surface area contributed by atoms with Gasteiger partial charge in [-0.15, -0.1) is 0 Å². The fourth-order valence-electron chi connectivity index (χ4n) is 3.01. The van der Waals surface area contributed by atoms with Crippen molar-refractivity contribution in [1.29, 1.82) is 0 Å². The predicted molar refractivity (Wildman–Crippen MR) is 112 cm³/mol. The number of aromatic nitrogens is 3. The van der Waals surface area contributed by atoms with Gasteiger partial charge in [0.05, 0.1) is 17.2 Å². The van der Waals surface area contributed by atoms with Crippen molar-refractivity contribution < 1.29 is 4.79 Å². The second-order valence-electron chi connectivity index (χ2n) is 6.91. The van der Waals surface area contributed by atoms with Gasteiger partial charge in [-0.1, -0.05) is 32.8 Å². The molecule has 1 N–H and O–H groups in total. The van der Waals surface area contributed by atoms with Crippen LogP contribution in [0.3, 0.4) is 0 Å². The highest BCUT2D eigenvalue weighted by molar-refractivity contribution is 5.90. The molecule has 0 spiro atoms. The normalized spacial score (nSPS) is 10.9. The third-order valence-electron chi connectivity index (χ3n) is 4.70. The van der Waals surface area contributed by atoms with Crippen molar-refractivity contribution in [1.82, 2.24) is 14.5 Å². The molecule has 28 heavy (non-hydrogen) atoms. The Morgan fingerprint density at radius 2 is 1.82 bits per heavy atom. The number of carbonyl (C=O) groups is 1. The number of amides is 1. The van der Waals surface area contributed by atoms with E-state index in [0.29, 0.717) is 29.7 Å². The molecule has 6 heteroatoms. The lowest BCUT2D eigenvalue weighted by Crippen LogP contribution is -2.20. The summed E-state index contributed by atoms with van der Waals surface area (Å²) in [5.41, 5.74) is 2.45. The van der Waals surface area contributed by atoms with Gasteiger partial charge in [0.2, 0.25) is 5.91 Å². The van der Waals surface area contributed by atoms with Crippen LogP contribution in [-0.2, 0) is 11.3 Å². The van der Waals surface area contributed by atoms with E-state index in [2.05, 4.69) is 29.1 Å². The van der Waals surface area contributed by atoms with Crippen LogP contribution in [0.5, 0.6) is 0 Å². The van der Waals surface area contributed by atoms with Crippen LogP contribution in [0.1, 0.15) is 46.0 Å². The fourth-order valence-corrected chi connectivity index (χ4v) is 3.01. The molecule has 3 aromatic rings. The molecule has 1 amide bonds. The summed E-state index contributed by atoms with van der Waals surface area (Å²) in [6.45, 7) is 4.83. The third kappa shape index (κ3) is 4.63. The first-order valence-electron chi connectivity index (χ1n) is 9.88. The van der Waals surface area contributed by atoms with Gasteiger partial charge in [0, 0.05) is 24.7 Å². The standard InChI is InChI=1S/C22H26N4O2/c1-3-5-7-21(27)25-20-11-9-17(14-23-20)16-8-10-19-18(13-16)22(28)26(15-24-19)12-6-4-2/h8-11,13-15H,3-7,12H2,1-2H3,(H,23,25,27). The van der Waals surface area contributed by atoms with Crippen LogP contribution < -0.4 is 10.9 Å². The van der Waals surface area contributed by atoms with Crippen molar-refractivity contribution in [2.75, 3.05) is 5.32 Å². The third-order valence-corrected chi connectivity index (χ3v) is 4.70. The average Bonchev–Trinajstić information content (AvgIpc) is 2.72. The van der Waals surface area contributed by atoms with Crippen LogP contribution in [0.25, 0.3) is 22.0 Å². The minimum atomic E-state index is -0.0218. The van der Waals surface area contributed by atoms with Crippen LogP contribution in [-0.4, -0.2) is 20.4 Å². The van der Waals surface area contributed by atoms with Crippen LogP contribution in [0.4, 0.5) is 5.82 Å². The lowest BCUT2D eigenvalue weighted by Gasteiger charge is -2.08. The molecule has 0 aliphatic rings. The quantitative estimate of drug-likeness (QED) is 0.631. The minimum absolute atomic E-state index is 0.0203. The minimum Gasteiger partial charge on any atom is -0.311 e. The van der Waals surface area contributed by atoms with Crippen LogP contribution in [0, 0.1) is 0 Å². The first kappa shape index (κ1) is 19.7. The number of fused-ring (bicyclic) bond motifs is 1. The van der Waals surface area contributed by atoms with E-state index in [9.17, 15) is 9.59 Å². The maximum Gasteiger partial charge on any atom is 0.261 e. The van der Waals surface area contributed by atoms with Crippen molar-refractivity contribution in [2.45, 2.75) is 52.5 Å². The molecule has 1 aromatic carbocycles. The molecule has 0 unspecified atom stereocenters. The summed E-state index contributed by atoms with van der Waals surface area (Å²) in [5.74, 6) is 0.515. The van der Waals surface area contributed by atoms with Gasteiger partial charge in [-0.25, -0.2) is 9.97 Å². The van der Waals surface area contributed by atoms with E-state index in [1.54, 1.807) is 23.2 Å². The number of pyridine rings is 1. The van der Waals surface area contributed by atoms with Gasteiger partial charge in [-0.05, 0) is 42.7 Å². The van der Waals surface area contributed by atoms with Gasteiger partial charge in [-0.3, -0.25) is 14.2 Å². The molecule has 0 fully saturated rings. The summed E-state index contributed by atoms with van der Waals surface area (Å²) in [7, 11) is 0. The second-order valence-corrected chi connectivity index (χ2v) is 6.91. The second kappa shape index (κ2) is 9.26. The molecule has 0 radical (unpaired) electrons. The van der Waals surface area contributed by atoms with E-state index >= 15 is 0 Å². The molecule has 0 saturated heterocycles. The number of aryl methyl sites for hydroxylation is 1. The van der Waals surface area contributed by atoms with Crippen LogP contribution in [0.15, 0.2) is 47.7 Å². The molecule has 0 bridgehead atoms. The lowest BCUT2D eigenvalue weighted by molar-refractivity contribution is -0.116. The summed E-state index contributed by atoms with van der Waals surface area (Å²) in [6.07, 6.45) is 7.66. The topological polar surface area (TPSA) is 76.9 Å². The Labute approximate surface area is 164 Å². The van der Waals surface area contributed by atoms with E-state index < -0.39 is 0 Å². The molecule has 0 saturated carbocycles. The maximum atomic E-state index is 12.7. The monoisotopic (exact) mass is 378 g/mol. The number of nitrogens with one attached hydrogen (secondary N) is 1. The van der Waals surface area contributed by atoms with Gasteiger partial charge >= 0.3 is 0 Å². The van der Waals surface area contributed by atoms with Crippen molar-refractivity contribution >= 4 is 22.6 Å². The van der Waals surface area contributed by atoms with Crippen LogP contribution >= 0.6 is 0 Å². The molecule has 6 nitrogen and oxygen atoms in total. The summed E-state index contributed by atoms with van der Waals surface area (Å²) in [4.78, 5) is 33.3. The Bertz CT molecular complexity index is 1010. The first-order valence-corrected chi connectivity index (χ1v) is 9.88. The molecular weight excluding hydrogens is 352 g/mol. The summed E-state index contributed by atoms with van der Waals surface area (Å²) < 4.78 is 1.67. The molecule has 2 aromatic heterocycles. The van der Waals surface area contributed by atoms with E-state index in [4.69, 9.17) is 0 Å². The zero-order valence-corrected chi connectivity index (χ0v) is 16.4. The number of nitrogens with zero attached hydrogens (tertiary/aromatic N) is 3. The summed E-state index contributed by atoms with van der Waals surface area (Å²) >= 11 is 0. The van der Waals surface area contributed by atoms with Crippen molar-refractivity contribution in [3.63, 3.8) is 0 Å². The van der Waals surface area contributed by atoms with E-state index in [0.717, 1.165) is 36.8 Å². The Hall–Kier alpha value is -3.02. The number of carbonyl (C=O) groups excluding carboxylic acids is 1. The molecule has 146 valence electrons. The number of hydrogen-bond donors (Lipinski definition) is 1. The molecular formula is C22H26N4O2. The fraction of sp³-hybridized carbons (Fsp3) is 0.364. The number of unbranched alkanes of at least 4 members (excludes halogenated alkanes) is 2. The van der Waals surface area contributed by atoms with Crippen molar-refractivity contribution in [2.24, 2.45) is 0 Å². The first-order chi connectivity index (χ1) is 13.6. The van der Waals surface area contributed by atoms with Crippen molar-refractivity contribution in [3.8, 4) is 11.1 Å². The number of rotatable bonds is 8. The van der Waals surface area contributed by atoms with Gasteiger partial charge in [0.1, 0.15) is 5.82 Å². The van der Waals surface area contributed by atoms with E-state index in [1.807, 2.05) is 24.3 Å². The molecule has 3 rings (SSSR count). The van der Waals surface area contributed by atoms with Gasteiger partial charge in [0.15, 0.2) is 0 Å². The highest BCUT2D eigenvalue weighted by atomic mass is 16.1. The Kier molecular flexibility index (Phi) is 6.53. The predicted octanol–water partition coefficient (Wildman–Crippen LogP) is 4.39. The largest absolute Gasteiger partial charge is 0.311 e. The zero-order valence-electron chi connectivity index (χ0n) is 16.4. The number of anilines is 1. The average molecular weight is 378 g/mol. The Balaban J connectivity index is 1.83. The van der Waals surface area contributed by atoms with E-state index in [-0.39, 0.29) is 11.5 Å². The lowest BCUT2D eigenvalue weighted by atomic mass is 10.1.